The third-order valence-corrected chi connectivity index (χ3v) is 7.01. The number of halogens is 1. The van der Waals surface area contributed by atoms with Gasteiger partial charge < -0.3 is 4.98 Å². The van der Waals surface area contributed by atoms with Crippen LogP contribution in [0.5, 0.6) is 0 Å². The molecule has 9 heteroatoms. The van der Waals surface area contributed by atoms with E-state index in [0.717, 1.165) is 52.1 Å². The molecule has 4 aromatic rings. The van der Waals surface area contributed by atoms with Gasteiger partial charge in [-0.25, -0.2) is 4.98 Å². The molecule has 1 aliphatic rings. The highest BCUT2D eigenvalue weighted by molar-refractivity contribution is 7.15. The Morgan fingerprint density at radius 1 is 1.16 bits per heavy atom. The molecule has 0 bridgehead atoms. The molecule has 0 radical (unpaired) electrons. The third kappa shape index (κ3) is 3.60. The maximum absolute atomic E-state index is 6.16. The number of aromatic amines is 1. The molecular formula is C22H22ClN7S. The Kier molecular flexibility index (Phi) is 5.21. The fourth-order valence-electron chi connectivity index (χ4n) is 3.83. The van der Waals surface area contributed by atoms with Crippen LogP contribution in [0.15, 0.2) is 41.8 Å². The number of imidazole rings is 1. The molecule has 5 rings (SSSR count). The number of nitrogens with one attached hydrogen (secondary N) is 2. The van der Waals surface area contributed by atoms with Crippen LogP contribution in [0.25, 0.3) is 5.00 Å². The maximum atomic E-state index is 6.16. The van der Waals surface area contributed by atoms with Crippen LogP contribution in [0.3, 0.4) is 0 Å². The summed E-state index contributed by atoms with van der Waals surface area (Å²) >= 11 is 7.91. The third-order valence-electron chi connectivity index (χ3n) is 5.56. The minimum absolute atomic E-state index is 0.325. The minimum atomic E-state index is -0.325. The van der Waals surface area contributed by atoms with Crippen molar-refractivity contribution in [1.29, 1.82) is 0 Å². The lowest BCUT2D eigenvalue weighted by Gasteiger charge is -2.14. The van der Waals surface area contributed by atoms with Gasteiger partial charge in [-0.2, -0.15) is 0 Å². The number of benzene rings is 1. The summed E-state index contributed by atoms with van der Waals surface area (Å²) in [4.78, 5) is 13.7. The van der Waals surface area contributed by atoms with Crippen LogP contribution in [0.4, 0.5) is 0 Å². The number of fused-ring (bicyclic) bond motifs is 3. The van der Waals surface area contributed by atoms with Crippen molar-refractivity contribution >= 4 is 28.6 Å². The highest BCUT2D eigenvalue weighted by atomic mass is 35.5. The second kappa shape index (κ2) is 8.03. The predicted octanol–water partition coefficient (Wildman–Crippen LogP) is 4.31. The lowest BCUT2D eigenvalue weighted by molar-refractivity contribution is 0.524. The molecule has 3 aromatic heterocycles. The number of nitrogens with zero attached hydrogens (tertiary/aromatic N) is 5. The summed E-state index contributed by atoms with van der Waals surface area (Å²) in [5, 5.41) is 14.3. The number of H-pyrrole nitrogens is 1. The van der Waals surface area contributed by atoms with Crippen molar-refractivity contribution in [2.45, 2.75) is 33.4 Å². The summed E-state index contributed by atoms with van der Waals surface area (Å²) in [7, 11) is 0. The molecule has 1 aromatic carbocycles. The van der Waals surface area contributed by atoms with Gasteiger partial charge >= 0.3 is 0 Å². The van der Waals surface area contributed by atoms with Gasteiger partial charge in [0.25, 0.3) is 0 Å². The van der Waals surface area contributed by atoms with Crippen molar-refractivity contribution in [3.8, 4) is 5.00 Å². The van der Waals surface area contributed by atoms with Crippen LogP contribution in [-0.4, -0.2) is 37.0 Å². The van der Waals surface area contributed by atoms with Gasteiger partial charge in [-0.05, 0) is 38.5 Å². The predicted molar refractivity (Wildman–Crippen MR) is 124 cm³/mol. The molecule has 4 heterocycles. The number of rotatable bonds is 5. The monoisotopic (exact) mass is 451 g/mol. The van der Waals surface area contributed by atoms with E-state index >= 15 is 0 Å². The Bertz CT molecular complexity index is 1250. The van der Waals surface area contributed by atoms with Crippen molar-refractivity contribution in [2.24, 2.45) is 4.99 Å². The lowest BCUT2D eigenvalue weighted by atomic mass is 10.00. The molecule has 31 heavy (non-hydrogen) atoms. The van der Waals surface area contributed by atoms with Gasteiger partial charge in [-0.3, -0.25) is 14.9 Å². The molecule has 158 valence electrons. The molecule has 1 unspecified atom stereocenters. The largest absolute Gasteiger partial charge is 0.348 e. The van der Waals surface area contributed by atoms with Crippen molar-refractivity contribution in [3.05, 3.63) is 80.7 Å². The Balaban J connectivity index is 1.62. The molecular weight excluding hydrogens is 430 g/mol. The molecule has 0 fully saturated rings. The summed E-state index contributed by atoms with van der Waals surface area (Å²) in [6, 6.07) is 7.87. The average molecular weight is 452 g/mol. The Hall–Kier alpha value is -2.81. The minimum Gasteiger partial charge on any atom is -0.348 e. The van der Waals surface area contributed by atoms with Gasteiger partial charge in [0, 0.05) is 45.9 Å². The SMILES string of the molecule is Cc1sc2c(c1C)C(c1ccc(Cl)cc1)=NC(NCCc1cnc[nH]1)c1nnc(C)n1-2. The van der Waals surface area contributed by atoms with E-state index in [2.05, 4.69) is 43.9 Å². The lowest BCUT2D eigenvalue weighted by Crippen LogP contribution is -2.25. The average Bonchev–Trinajstić information content (AvgIpc) is 3.45. The molecule has 0 saturated heterocycles. The zero-order valence-corrected chi connectivity index (χ0v) is 19.1. The number of thiophene rings is 1. The highest BCUT2D eigenvalue weighted by Crippen LogP contribution is 2.38. The molecule has 1 atom stereocenters. The molecule has 0 spiro atoms. The summed E-state index contributed by atoms with van der Waals surface area (Å²) < 4.78 is 2.14. The molecule has 0 saturated carbocycles. The normalized spacial score (nSPS) is 15.4. The van der Waals surface area contributed by atoms with Crippen molar-refractivity contribution in [1.82, 2.24) is 30.0 Å². The fraction of sp³-hybridized carbons (Fsp3) is 0.273. The van der Waals surface area contributed by atoms with E-state index in [4.69, 9.17) is 16.6 Å². The number of hydrogen-bond donors (Lipinski definition) is 2. The number of hydrogen-bond acceptors (Lipinski definition) is 6. The smallest absolute Gasteiger partial charge is 0.177 e. The van der Waals surface area contributed by atoms with Crippen molar-refractivity contribution in [2.75, 3.05) is 6.54 Å². The number of aryl methyl sites for hydroxylation is 2. The molecule has 2 N–H and O–H groups in total. The maximum Gasteiger partial charge on any atom is 0.177 e. The van der Waals surface area contributed by atoms with E-state index in [9.17, 15) is 0 Å². The zero-order valence-electron chi connectivity index (χ0n) is 17.5. The summed E-state index contributed by atoms with van der Waals surface area (Å²) in [5.74, 6) is 1.65. The Morgan fingerprint density at radius 2 is 1.97 bits per heavy atom. The van der Waals surface area contributed by atoms with E-state index in [1.807, 2.05) is 37.4 Å². The van der Waals surface area contributed by atoms with Crippen LogP contribution in [0, 0.1) is 20.8 Å². The summed E-state index contributed by atoms with van der Waals surface area (Å²) in [6.45, 7) is 7.01. The molecule has 0 amide bonds. The van der Waals surface area contributed by atoms with Gasteiger partial charge in [-0.15, -0.1) is 21.5 Å². The van der Waals surface area contributed by atoms with Crippen LogP contribution < -0.4 is 5.32 Å². The number of aromatic nitrogens is 5. The first kappa shape index (κ1) is 20.1. The van der Waals surface area contributed by atoms with Gasteiger partial charge in [0.15, 0.2) is 12.0 Å². The summed E-state index contributed by atoms with van der Waals surface area (Å²) in [5.41, 5.74) is 5.41. The molecule has 0 aliphatic carbocycles. The second-order valence-electron chi connectivity index (χ2n) is 7.57. The Labute approximate surface area is 189 Å². The van der Waals surface area contributed by atoms with Crippen molar-refractivity contribution < 1.29 is 0 Å². The van der Waals surface area contributed by atoms with E-state index in [1.165, 1.54) is 10.4 Å². The van der Waals surface area contributed by atoms with Gasteiger partial charge in [0.1, 0.15) is 10.8 Å². The van der Waals surface area contributed by atoms with Gasteiger partial charge in [0.2, 0.25) is 0 Å². The second-order valence-corrected chi connectivity index (χ2v) is 9.21. The van der Waals surface area contributed by atoms with E-state index in [0.29, 0.717) is 5.02 Å². The van der Waals surface area contributed by atoms with E-state index in [-0.39, 0.29) is 6.17 Å². The molecule has 1 aliphatic heterocycles. The first-order valence-electron chi connectivity index (χ1n) is 10.1. The quantitative estimate of drug-likeness (QED) is 0.473. The van der Waals surface area contributed by atoms with Crippen molar-refractivity contribution in [3.63, 3.8) is 0 Å². The number of aliphatic imine (C=N–C) groups is 1. The topological polar surface area (TPSA) is 83.8 Å². The fourth-order valence-corrected chi connectivity index (χ4v) is 5.17. The highest BCUT2D eigenvalue weighted by Gasteiger charge is 2.31. The van der Waals surface area contributed by atoms with Crippen LogP contribution in [0.1, 0.15) is 45.1 Å². The summed E-state index contributed by atoms with van der Waals surface area (Å²) in [6.07, 6.45) is 4.03. The Morgan fingerprint density at radius 3 is 2.71 bits per heavy atom. The van der Waals surface area contributed by atoms with E-state index in [1.54, 1.807) is 17.7 Å². The van der Waals surface area contributed by atoms with Crippen LogP contribution in [0.2, 0.25) is 5.02 Å². The zero-order chi connectivity index (χ0) is 21.5. The standard InChI is InChI=1S/C22H22ClN7S/c1-12-13(2)31-22-18(12)19(15-4-6-16(23)7-5-15)27-20(21-29-28-14(3)30(21)22)25-9-8-17-10-24-11-26-17/h4-7,10-11,20,25H,8-9H2,1-3H3,(H,24,26). The van der Waals surface area contributed by atoms with Gasteiger partial charge in [-0.1, -0.05) is 23.7 Å². The molecule has 7 nitrogen and oxygen atoms in total. The van der Waals surface area contributed by atoms with Crippen LogP contribution >= 0.6 is 22.9 Å². The first-order chi connectivity index (χ1) is 15.0. The van der Waals surface area contributed by atoms with Crippen LogP contribution in [-0.2, 0) is 6.42 Å². The van der Waals surface area contributed by atoms with Gasteiger partial charge in [0.05, 0.1) is 12.0 Å². The first-order valence-corrected chi connectivity index (χ1v) is 11.3. The van der Waals surface area contributed by atoms with E-state index < -0.39 is 0 Å².